The van der Waals surface area contributed by atoms with Gasteiger partial charge in [-0.05, 0) is 71.8 Å². The van der Waals surface area contributed by atoms with Crippen molar-refractivity contribution in [3.05, 3.63) is 125 Å². The van der Waals surface area contributed by atoms with Gasteiger partial charge in [-0.25, -0.2) is 9.59 Å². The summed E-state index contributed by atoms with van der Waals surface area (Å²) in [5, 5.41) is 12.4. The summed E-state index contributed by atoms with van der Waals surface area (Å²) in [5.74, 6) is -2.29. The number of amides is 2. The number of hydrogen-bond acceptors (Lipinski definition) is 5. The van der Waals surface area contributed by atoms with Crippen molar-refractivity contribution in [3.63, 3.8) is 0 Å². The first-order valence-corrected chi connectivity index (χ1v) is 12.3. The predicted octanol–water partition coefficient (Wildman–Crippen LogP) is 6.28. The van der Waals surface area contributed by atoms with Gasteiger partial charge in [0.1, 0.15) is 0 Å². The van der Waals surface area contributed by atoms with Gasteiger partial charge in [0.15, 0.2) is 0 Å². The number of carboxylic acids is 1. The van der Waals surface area contributed by atoms with E-state index in [1.165, 1.54) is 25.0 Å². The summed E-state index contributed by atoms with van der Waals surface area (Å²) in [6, 6.07) is 27.0. The van der Waals surface area contributed by atoms with E-state index in [4.69, 9.17) is 4.74 Å². The summed E-state index contributed by atoms with van der Waals surface area (Å²) in [4.78, 5) is 50.4. The van der Waals surface area contributed by atoms with Crippen LogP contribution >= 0.6 is 0 Å². The summed E-state index contributed by atoms with van der Waals surface area (Å²) < 4.78 is 4.71. The van der Waals surface area contributed by atoms with Crippen LogP contribution in [0.4, 0.5) is 17.1 Å². The standard InChI is InChI=1S/C32H26N2O6/c1-21(35)34(28-18-13-25(14-19-28)32(39)40-2)27-16-11-24(12-17-27)30(36)33-26-15-10-23(29(20-26)31(37)38)9-8-22-6-4-3-5-7-22/h3-20H,1-2H3,(H,33,36)(H,37,38)/b9-8+. The second-order valence-corrected chi connectivity index (χ2v) is 8.75. The maximum absolute atomic E-state index is 12.9. The van der Waals surface area contributed by atoms with Gasteiger partial charge in [-0.15, -0.1) is 0 Å². The van der Waals surface area contributed by atoms with Gasteiger partial charge >= 0.3 is 11.9 Å². The zero-order valence-corrected chi connectivity index (χ0v) is 21.8. The Bertz CT molecular complexity index is 1580. The highest BCUT2D eigenvalue weighted by atomic mass is 16.5. The maximum atomic E-state index is 12.9. The largest absolute Gasteiger partial charge is 0.478 e. The lowest BCUT2D eigenvalue weighted by Gasteiger charge is -2.22. The number of nitrogens with one attached hydrogen (secondary N) is 1. The van der Waals surface area contributed by atoms with Crippen LogP contribution in [0.3, 0.4) is 0 Å². The highest BCUT2D eigenvalue weighted by Gasteiger charge is 2.17. The van der Waals surface area contributed by atoms with Crippen LogP contribution in [0, 0.1) is 0 Å². The summed E-state index contributed by atoms with van der Waals surface area (Å²) in [6.07, 6.45) is 3.53. The molecule has 0 spiro atoms. The van der Waals surface area contributed by atoms with Crippen molar-refractivity contribution in [1.29, 1.82) is 0 Å². The molecule has 0 aliphatic heterocycles. The van der Waals surface area contributed by atoms with E-state index in [9.17, 15) is 24.3 Å². The number of carbonyl (C=O) groups excluding carboxylic acids is 3. The lowest BCUT2D eigenvalue weighted by atomic mass is 10.0. The number of methoxy groups -OCH3 is 1. The molecule has 200 valence electrons. The number of carbonyl (C=O) groups is 4. The number of rotatable bonds is 8. The van der Waals surface area contributed by atoms with Crippen LogP contribution in [0.1, 0.15) is 49.1 Å². The van der Waals surface area contributed by atoms with Crippen molar-refractivity contribution in [3.8, 4) is 0 Å². The fraction of sp³-hybridized carbons (Fsp3) is 0.0625. The Balaban J connectivity index is 1.51. The smallest absolute Gasteiger partial charge is 0.337 e. The second kappa shape index (κ2) is 12.4. The number of esters is 1. The van der Waals surface area contributed by atoms with Gasteiger partial charge in [-0.2, -0.15) is 0 Å². The van der Waals surface area contributed by atoms with Crippen molar-refractivity contribution in [2.24, 2.45) is 0 Å². The molecule has 0 heterocycles. The van der Waals surface area contributed by atoms with Crippen LogP contribution in [0.15, 0.2) is 97.1 Å². The first-order chi connectivity index (χ1) is 19.3. The van der Waals surface area contributed by atoms with Crippen LogP contribution in [0.5, 0.6) is 0 Å². The molecule has 0 fully saturated rings. The number of carboxylic acid groups (broad SMARTS) is 1. The fourth-order valence-corrected chi connectivity index (χ4v) is 4.06. The van der Waals surface area contributed by atoms with Crippen LogP contribution in [0.2, 0.25) is 0 Å². The Hall–Kier alpha value is -5.50. The first-order valence-electron chi connectivity index (χ1n) is 12.3. The molecule has 0 saturated carbocycles. The summed E-state index contributed by atoms with van der Waals surface area (Å²) >= 11 is 0. The van der Waals surface area contributed by atoms with Crippen molar-refractivity contribution >= 4 is 53.0 Å². The SMILES string of the molecule is COC(=O)c1ccc(N(C(C)=O)c2ccc(C(=O)Nc3ccc(/C=C/c4ccccc4)c(C(=O)O)c3)cc2)cc1. The number of anilines is 3. The van der Waals surface area contributed by atoms with E-state index in [-0.39, 0.29) is 11.5 Å². The topological polar surface area (TPSA) is 113 Å². The number of ether oxygens (including phenoxy) is 1. The van der Waals surface area contributed by atoms with Gasteiger partial charge in [0.2, 0.25) is 5.91 Å². The van der Waals surface area contributed by atoms with Crippen LogP contribution < -0.4 is 10.2 Å². The van der Waals surface area contributed by atoms with E-state index in [2.05, 4.69) is 5.32 Å². The summed E-state index contributed by atoms with van der Waals surface area (Å²) in [7, 11) is 1.29. The predicted molar refractivity (Wildman–Crippen MR) is 154 cm³/mol. The van der Waals surface area contributed by atoms with Gasteiger partial charge in [-0.1, -0.05) is 48.6 Å². The molecule has 0 aliphatic rings. The molecule has 4 aromatic carbocycles. The third kappa shape index (κ3) is 6.49. The van der Waals surface area contributed by atoms with E-state index >= 15 is 0 Å². The van der Waals surface area contributed by atoms with Gasteiger partial charge < -0.3 is 15.2 Å². The molecule has 0 bridgehead atoms. The minimum absolute atomic E-state index is 0.0515. The van der Waals surface area contributed by atoms with Crippen LogP contribution in [-0.4, -0.2) is 36.0 Å². The zero-order valence-electron chi connectivity index (χ0n) is 21.8. The molecule has 2 amide bonds. The van der Waals surface area contributed by atoms with E-state index in [0.717, 1.165) is 5.56 Å². The Morgan fingerprint density at radius 1 is 0.775 bits per heavy atom. The molecule has 8 heteroatoms. The molecule has 4 rings (SSSR count). The minimum atomic E-state index is -1.11. The molecule has 0 radical (unpaired) electrons. The van der Waals surface area contributed by atoms with Crippen molar-refractivity contribution < 1.29 is 29.0 Å². The summed E-state index contributed by atoms with van der Waals surface area (Å²) in [5.41, 5.74) is 3.56. The molecular formula is C32H26N2O6. The molecule has 0 aromatic heterocycles. The third-order valence-corrected chi connectivity index (χ3v) is 6.05. The molecule has 2 N–H and O–H groups in total. The molecule has 0 unspecified atom stereocenters. The average molecular weight is 535 g/mol. The second-order valence-electron chi connectivity index (χ2n) is 8.75. The quantitative estimate of drug-likeness (QED) is 0.203. The highest BCUT2D eigenvalue weighted by molar-refractivity contribution is 6.06. The number of nitrogens with zero attached hydrogens (tertiary/aromatic N) is 1. The van der Waals surface area contributed by atoms with Gasteiger partial charge in [0, 0.05) is 29.5 Å². The Labute approximate surface area is 231 Å². The normalized spacial score (nSPS) is 10.7. The molecule has 8 nitrogen and oxygen atoms in total. The fourth-order valence-electron chi connectivity index (χ4n) is 4.06. The number of aromatic carboxylic acids is 1. The zero-order chi connectivity index (χ0) is 28.6. The summed E-state index contributed by atoms with van der Waals surface area (Å²) in [6.45, 7) is 1.41. The van der Waals surface area contributed by atoms with Gasteiger partial charge in [0.05, 0.1) is 18.2 Å². The maximum Gasteiger partial charge on any atom is 0.337 e. The molecule has 0 atom stereocenters. The molecular weight excluding hydrogens is 508 g/mol. The molecule has 40 heavy (non-hydrogen) atoms. The molecule has 0 aliphatic carbocycles. The van der Waals surface area contributed by atoms with Gasteiger partial charge in [0.25, 0.3) is 5.91 Å². The Kier molecular flexibility index (Phi) is 8.51. The van der Waals surface area contributed by atoms with Crippen molar-refractivity contribution in [2.45, 2.75) is 6.92 Å². The minimum Gasteiger partial charge on any atom is -0.478 e. The highest BCUT2D eigenvalue weighted by Crippen LogP contribution is 2.27. The van der Waals surface area contributed by atoms with E-state index in [0.29, 0.717) is 33.8 Å². The third-order valence-electron chi connectivity index (χ3n) is 6.05. The van der Waals surface area contributed by atoms with E-state index in [1.54, 1.807) is 66.7 Å². The van der Waals surface area contributed by atoms with Gasteiger partial charge in [-0.3, -0.25) is 14.5 Å². The van der Waals surface area contributed by atoms with E-state index in [1.807, 2.05) is 36.4 Å². The number of benzene rings is 4. The Morgan fingerprint density at radius 2 is 1.38 bits per heavy atom. The lowest BCUT2D eigenvalue weighted by molar-refractivity contribution is -0.115. The monoisotopic (exact) mass is 534 g/mol. The van der Waals surface area contributed by atoms with E-state index < -0.39 is 17.8 Å². The molecule has 0 saturated heterocycles. The first kappa shape index (κ1) is 27.5. The number of hydrogen-bond donors (Lipinski definition) is 2. The Morgan fingerprint density at radius 3 is 1.93 bits per heavy atom. The average Bonchev–Trinajstić information content (AvgIpc) is 2.97. The molecule has 4 aromatic rings. The lowest BCUT2D eigenvalue weighted by Crippen LogP contribution is -2.23. The van der Waals surface area contributed by atoms with Crippen molar-refractivity contribution in [1.82, 2.24) is 0 Å². The van der Waals surface area contributed by atoms with Crippen LogP contribution in [-0.2, 0) is 9.53 Å². The van der Waals surface area contributed by atoms with Crippen molar-refractivity contribution in [2.75, 3.05) is 17.3 Å². The van der Waals surface area contributed by atoms with Crippen LogP contribution in [0.25, 0.3) is 12.2 Å².